The van der Waals surface area contributed by atoms with E-state index in [1.807, 2.05) is 37.3 Å². The zero-order valence-corrected chi connectivity index (χ0v) is 13.1. The Labute approximate surface area is 129 Å². The molecule has 0 bridgehead atoms. The van der Waals surface area contributed by atoms with Crippen LogP contribution in [0.25, 0.3) is 0 Å². The zero-order chi connectivity index (χ0) is 16.2. The summed E-state index contributed by atoms with van der Waals surface area (Å²) in [6, 6.07) is 9.76. The van der Waals surface area contributed by atoms with E-state index in [4.69, 9.17) is 9.57 Å². The zero-order valence-electron chi connectivity index (χ0n) is 13.1. The smallest absolute Gasteiger partial charge is 0.337 e. The number of benzene rings is 1. The van der Waals surface area contributed by atoms with Gasteiger partial charge < -0.3 is 9.47 Å². The number of carbonyl (C=O) groups is 2. The number of methoxy groups -OCH3 is 2. The molecule has 1 aliphatic rings. The molecule has 1 heterocycles. The molecule has 0 spiro atoms. The highest BCUT2D eigenvalue weighted by molar-refractivity contribution is 5.75. The summed E-state index contributed by atoms with van der Waals surface area (Å²) in [5, 5.41) is 1.68. The molecule has 1 saturated heterocycles. The van der Waals surface area contributed by atoms with Crippen LogP contribution in [0.1, 0.15) is 25.3 Å². The van der Waals surface area contributed by atoms with Gasteiger partial charge in [0.1, 0.15) is 0 Å². The Bertz CT molecular complexity index is 533. The molecule has 1 aliphatic heterocycles. The monoisotopic (exact) mass is 307 g/mol. The number of carbonyl (C=O) groups excluding carboxylic acids is 2. The molecule has 2 rings (SSSR count). The van der Waals surface area contributed by atoms with E-state index in [0.717, 1.165) is 5.56 Å². The minimum Gasteiger partial charge on any atom is -0.469 e. The highest BCUT2D eigenvalue weighted by Gasteiger charge is 2.47. The molecule has 1 aromatic carbocycles. The van der Waals surface area contributed by atoms with Crippen molar-refractivity contribution in [2.24, 2.45) is 0 Å². The molecule has 0 aromatic heterocycles. The van der Waals surface area contributed by atoms with Gasteiger partial charge in [-0.25, -0.2) is 4.79 Å². The maximum Gasteiger partial charge on any atom is 0.337 e. The fraction of sp³-hybridized carbons (Fsp3) is 0.500. The third-order valence-electron chi connectivity index (χ3n) is 3.99. The van der Waals surface area contributed by atoms with Gasteiger partial charge in [-0.15, -0.1) is 0 Å². The molecule has 0 amide bonds. The number of hydrogen-bond acceptors (Lipinski definition) is 6. The van der Waals surface area contributed by atoms with Gasteiger partial charge in [0.25, 0.3) is 0 Å². The number of rotatable bonds is 5. The summed E-state index contributed by atoms with van der Waals surface area (Å²) in [7, 11) is 2.68. The van der Waals surface area contributed by atoms with Crippen LogP contribution in [-0.4, -0.2) is 43.9 Å². The van der Waals surface area contributed by atoms with Crippen LogP contribution >= 0.6 is 0 Å². The molecule has 120 valence electrons. The number of esters is 2. The largest absolute Gasteiger partial charge is 0.469 e. The summed E-state index contributed by atoms with van der Waals surface area (Å²) >= 11 is 0. The number of hydroxylamine groups is 2. The first-order valence-electron chi connectivity index (χ1n) is 7.16. The van der Waals surface area contributed by atoms with Crippen molar-refractivity contribution in [2.45, 2.75) is 31.4 Å². The first kappa shape index (κ1) is 16.5. The summed E-state index contributed by atoms with van der Waals surface area (Å²) in [6.45, 7) is 2.33. The van der Waals surface area contributed by atoms with Crippen molar-refractivity contribution in [3.63, 3.8) is 0 Å². The minimum absolute atomic E-state index is 0.187. The lowest BCUT2D eigenvalue weighted by atomic mass is 9.87. The van der Waals surface area contributed by atoms with Gasteiger partial charge in [0, 0.05) is 13.0 Å². The van der Waals surface area contributed by atoms with E-state index in [1.165, 1.54) is 14.2 Å². The first-order valence-corrected chi connectivity index (χ1v) is 7.16. The van der Waals surface area contributed by atoms with E-state index in [-0.39, 0.29) is 12.4 Å². The van der Waals surface area contributed by atoms with Gasteiger partial charge in [0.15, 0.2) is 6.10 Å². The topological polar surface area (TPSA) is 65.1 Å². The fourth-order valence-corrected chi connectivity index (χ4v) is 2.68. The highest BCUT2D eigenvalue weighted by atomic mass is 16.7. The molecule has 1 aromatic rings. The van der Waals surface area contributed by atoms with Gasteiger partial charge in [0.2, 0.25) is 0 Å². The lowest BCUT2D eigenvalue weighted by molar-refractivity contribution is -0.201. The Kier molecular flexibility index (Phi) is 5.15. The molecule has 0 N–H and O–H groups in total. The van der Waals surface area contributed by atoms with Crippen LogP contribution in [0.5, 0.6) is 0 Å². The van der Waals surface area contributed by atoms with Crippen LogP contribution in [0.2, 0.25) is 0 Å². The normalized spacial score (nSPS) is 25.0. The van der Waals surface area contributed by atoms with Crippen molar-refractivity contribution in [3.8, 4) is 0 Å². The second-order valence-corrected chi connectivity index (χ2v) is 5.39. The van der Waals surface area contributed by atoms with E-state index in [2.05, 4.69) is 4.74 Å². The third kappa shape index (κ3) is 3.28. The summed E-state index contributed by atoms with van der Waals surface area (Å²) in [4.78, 5) is 28.9. The predicted octanol–water partition coefficient (Wildman–Crippen LogP) is 1.64. The maximum atomic E-state index is 11.8. The molecule has 22 heavy (non-hydrogen) atoms. The second kappa shape index (κ2) is 6.89. The molecular formula is C16H21NO5. The van der Waals surface area contributed by atoms with Crippen molar-refractivity contribution < 1.29 is 23.9 Å². The Hall–Kier alpha value is -1.92. The highest BCUT2D eigenvalue weighted by Crippen LogP contribution is 2.40. The number of ether oxygens (including phenoxy) is 2. The van der Waals surface area contributed by atoms with Crippen molar-refractivity contribution >= 4 is 11.9 Å². The average molecular weight is 307 g/mol. The molecular weight excluding hydrogens is 286 g/mol. The fourth-order valence-electron chi connectivity index (χ4n) is 2.68. The van der Waals surface area contributed by atoms with E-state index in [1.54, 1.807) is 5.06 Å². The Morgan fingerprint density at radius 2 is 1.95 bits per heavy atom. The van der Waals surface area contributed by atoms with Gasteiger partial charge in [-0.3, -0.25) is 9.63 Å². The SMILES string of the molecule is COC(=O)CCN1OC(C(=O)OC)CC1(C)c1ccccc1. The molecule has 0 saturated carbocycles. The van der Waals surface area contributed by atoms with Crippen LogP contribution in [0, 0.1) is 0 Å². The molecule has 6 nitrogen and oxygen atoms in total. The van der Waals surface area contributed by atoms with Crippen molar-refractivity contribution in [3.05, 3.63) is 35.9 Å². The summed E-state index contributed by atoms with van der Waals surface area (Å²) in [5.74, 6) is -0.733. The van der Waals surface area contributed by atoms with Crippen LogP contribution in [-0.2, 0) is 29.4 Å². The summed E-state index contributed by atoms with van der Waals surface area (Å²) in [5.41, 5.74) is 0.514. The first-order chi connectivity index (χ1) is 10.5. The van der Waals surface area contributed by atoms with Crippen LogP contribution in [0.15, 0.2) is 30.3 Å². The van der Waals surface area contributed by atoms with Crippen molar-refractivity contribution in [1.29, 1.82) is 0 Å². The lowest BCUT2D eigenvalue weighted by Gasteiger charge is -2.33. The van der Waals surface area contributed by atoms with E-state index in [9.17, 15) is 9.59 Å². The predicted molar refractivity (Wildman–Crippen MR) is 78.6 cm³/mol. The second-order valence-electron chi connectivity index (χ2n) is 5.39. The summed E-state index contributed by atoms with van der Waals surface area (Å²) in [6.07, 6.45) is -0.0228. The maximum absolute atomic E-state index is 11.8. The van der Waals surface area contributed by atoms with Gasteiger partial charge >= 0.3 is 11.9 Å². The Morgan fingerprint density at radius 1 is 1.27 bits per heavy atom. The van der Waals surface area contributed by atoms with Crippen LogP contribution in [0.3, 0.4) is 0 Å². The molecule has 0 aliphatic carbocycles. The average Bonchev–Trinajstić information content (AvgIpc) is 2.90. The number of hydrogen-bond donors (Lipinski definition) is 0. The quantitative estimate of drug-likeness (QED) is 0.771. The van der Waals surface area contributed by atoms with Crippen LogP contribution in [0.4, 0.5) is 0 Å². The van der Waals surface area contributed by atoms with E-state index >= 15 is 0 Å². The molecule has 0 radical (unpaired) electrons. The Morgan fingerprint density at radius 3 is 2.55 bits per heavy atom. The number of nitrogens with zero attached hydrogens (tertiary/aromatic N) is 1. The summed E-state index contributed by atoms with van der Waals surface area (Å²) < 4.78 is 9.44. The van der Waals surface area contributed by atoms with Crippen molar-refractivity contribution in [1.82, 2.24) is 5.06 Å². The molecule has 6 heteroatoms. The Balaban J connectivity index is 2.22. The van der Waals surface area contributed by atoms with Crippen molar-refractivity contribution in [2.75, 3.05) is 20.8 Å². The third-order valence-corrected chi connectivity index (χ3v) is 3.99. The standard InChI is InChI=1S/C16H21NO5/c1-16(12-7-5-4-6-8-12)11-13(15(19)21-3)22-17(16)10-9-14(18)20-2/h4-8,13H,9-11H2,1-3H3. The van der Waals surface area contributed by atoms with E-state index < -0.39 is 17.6 Å². The van der Waals surface area contributed by atoms with Gasteiger partial charge in [-0.1, -0.05) is 30.3 Å². The lowest BCUT2D eigenvalue weighted by Crippen LogP contribution is -2.39. The van der Waals surface area contributed by atoms with E-state index in [0.29, 0.717) is 13.0 Å². The molecule has 1 fully saturated rings. The van der Waals surface area contributed by atoms with Gasteiger partial charge in [-0.05, 0) is 12.5 Å². The molecule has 2 atom stereocenters. The molecule has 2 unspecified atom stereocenters. The van der Waals surface area contributed by atoms with Gasteiger partial charge in [-0.2, -0.15) is 5.06 Å². The van der Waals surface area contributed by atoms with Crippen LogP contribution < -0.4 is 0 Å². The minimum atomic E-state index is -0.673. The van der Waals surface area contributed by atoms with Gasteiger partial charge in [0.05, 0.1) is 26.2 Å².